The smallest absolute Gasteiger partial charge is 0.330 e. The fourth-order valence-electron chi connectivity index (χ4n) is 1.60. The van der Waals surface area contributed by atoms with E-state index in [0.29, 0.717) is 6.61 Å². The van der Waals surface area contributed by atoms with Crippen molar-refractivity contribution in [2.24, 2.45) is 0 Å². The van der Waals surface area contributed by atoms with E-state index in [4.69, 9.17) is 4.74 Å². The zero-order valence-electron chi connectivity index (χ0n) is 10.6. The number of aromatic nitrogens is 1. The number of benzene rings is 1. The second-order valence-corrected chi connectivity index (χ2v) is 5.02. The van der Waals surface area contributed by atoms with Crippen LogP contribution in [-0.4, -0.2) is 24.1 Å². The van der Waals surface area contributed by atoms with Crippen molar-refractivity contribution in [3.05, 3.63) is 36.9 Å². The third-order valence-electron chi connectivity index (χ3n) is 2.55. The van der Waals surface area contributed by atoms with Crippen LogP contribution in [-0.2, 0) is 9.53 Å². The molecule has 1 aromatic carbocycles. The lowest BCUT2D eigenvalue weighted by Gasteiger charge is -2.03. The van der Waals surface area contributed by atoms with E-state index in [9.17, 15) is 4.79 Å². The maximum Gasteiger partial charge on any atom is 0.330 e. The van der Waals surface area contributed by atoms with E-state index < -0.39 is 0 Å². The van der Waals surface area contributed by atoms with Crippen LogP contribution in [0.3, 0.4) is 0 Å². The summed E-state index contributed by atoms with van der Waals surface area (Å²) in [6.07, 6.45) is 2.94. The van der Waals surface area contributed by atoms with E-state index in [2.05, 4.69) is 22.9 Å². The van der Waals surface area contributed by atoms with E-state index in [1.54, 1.807) is 11.3 Å². The minimum Gasteiger partial charge on any atom is -0.463 e. The van der Waals surface area contributed by atoms with Crippen LogP contribution in [0.1, 0.15) is 12.8 Å². The average molecular weight is 276 g/mol. The average Bonchev–Trinajstić information content (AvgIpc) is 2.84. The molecule has 0 bridgehead atoms. The van der Waals surface area contributed by atoms with Crippen LogP contribution in [0.4, 0.5) is 5.13 Å². The van der Waals surface area contributed by atoms with Crippen molar-refractivity contribution in [1.82, 2.24) is 4.98 Å². The Bertz CT molecular complexity index is 532. The minimum atomic E-state index is -0.362. The maximum absolute atomic E-state index is 10.8. The quantitative estimate of drug-likeness (QED) is 0.479. The predicted octanol–water partition coefficient (Wildman–Crippen LogP) is 3.22. The summed E-state index contributed by atoms with van der Waals surface area (Å²) in [6, 6.07) is 8.07. The number of rotatable bonds is 7. The Morgan fingerprint density at radius 2 is 2.26 bits per heavy atom. The molecule has 0 aliphatic rings. The molecule has 0 saturated heterocycles. The molecule has 4 nitrogen and oxygen atoms in total. The Kier molecular flexibility index (Phi) is 4.92. The highest BCUT2D eigenvalue weighted by molar-refractivity contribution is 7.22. The SMILES string of the molecule is C=CC(=O)OCCCCNc1nc2ccccc2s1. The summed E-state index contributed by atoms with van der Waals surface area (Å²) >= 11 is 1.65. The first kappa shape index (κ1) is 13.5. The lowest BCUT2D eigenvalue weighted by Crippen LogP contribution is -2.05. The van der Waals surface area contributed by atoms with Gasteiger partial charge in [-0.1, -0.05) is 30.0 Å². The van der Waals surface area contributed by atoms with Crippen molar-refractivity contribution >= 4 is 32.7 Å². The van der Waals surface area contributed by atoms with Gasteiger partial charge in [-0.3, -0.25) is 0 Å². The molecule has 0 aliphatic carbocycles. The van der Waals surface area contributed by atoms with Gasteiger partial charge in [-0.2, -0.15) is 0 Å². The molecule has 5 heteroatoms. The van der Waals surface area contributed by atoms with Gasteiger partial charge in [0.25, 0.3) is 0 Å². The third kappa shape index (κ3) is 4.06. The van der Waals surface area contributed by atoms with Crippen LogP contribution in [0, 0.1) is 0 Å². The van der Waals surface area contributed by atoms with Gasteiger partial charge in [-0.25, -0.2) is 9.78 Å². The van der Waals surface area contributed by atoms with Gasteiger partial charge in [-0.05, 0) is 25.0 Å². The zero-order valence-corrected chi connectivity index (χ0v) is 11.4. The molecular weight excluding hydrogens is 260 g/mol. The molecule has 19 heavy (non-hydrogen) atoms. The number of para-hydroxylation sites is 1. The molecular formula is C14H16N2O2S. The van der Waals surface area contributed by atoms with E-state index in [-0.39, 0.29) is 5.97 Å². The predicted molar refractivity (Wildman–Crippen MR) is 78.5 cm³/mol. The largest absolute Gasteiger partial charge is 0.463 e. The minimum absolute atomic E-state index is 0.362. The van der Waals surface area contributed by atoms with Crippen LogP contribution in [0.25, 0.3) is 10.2 Å². The van der Waals surface area contributed by atoms with Gasteiger partial charge in [0.15, 0.2) is 5.13 Å². The van der Waals surface area contributed by atoms with Crippen molar-refractivity contribution in [2.75, 3.05) is 18.5 Å². The van der Waals surface area contributed by atoms with Crippen molar-refractivity contribution in [3.63, 3.8) is 0 Å². The summed E-state index contributed by atoms with van der Waals surface area (Å²) in [6.45, 7) is 4.60. The number of nitrogens with one attached hydrogen (secondary N) is 1. The molecule has 0 spiro atoms. The number of nitrogens with zero attached hydrogens (tertiary/aromatic N) is 1. The molecule has 1 N–H and O–H groups in total. The molecule has 0 unspecified atom stereocenters. The zero-order chi connectivity index (χ0) is 13.5. The number of hydrogen-bond donors (Lipinski definition) is 1. The normalized spacial score (nSPS) is 10.3. The number of hydrogen-bond acceptors (Lipinski definition) is 5. The summed E-state index contributed by atoms with van der Waals surface area (Å²) in [7, 11) is 0. The number of carbonyl (C=O) groups excluding carboxylic acids is 1. The lowest BCUT2D eigenvalue weighted by atomic mass is 10.3. The summed E-state index contributed by atoms with van der Waals surface area (Å²) in [5, 5.41) is 4.22. The number of fused-ring (bicyclic) bond motifs is 1. The second kappa shape index (κ2) is 6.89. The van der Waals surface area contributed by atoms with Gasteiger partial charge < -0.3 is 10.1 Å². The van der Waals surface area contributed by atoms with Gasteiger partial charge >= 0.3 is 5.97 Å². The fraction of sp³-hybridized carbons (Fsp3) is 0.286. The first-order valence-electron chi connectivity index (χ1n) is 6.18. The van der Waals surface area contributed by atoms with Crippen molar-refractivity contribution < 1.29 is 9.53 Å². The Morgan fingerprint density at radius 3 is 3.05 bits per heavy atom. The van der Waals surface area contributed by atoms with Crippen molar-refractivity contribution in [1.29, 1.82) is 0 Å². The van der Waals surface area contributed by atoms with E-state index in [1.807, 2.05) is 18.2 Å². The van der Waals surface area contributed by atoms with Crippen LogP contribution < -0.4 is 5.32 Å². The summed E-state index contributed by atoms with van der Waals surface area (Å²) in [4.78, 5) is 15.3. The van der Waals surface area contributed by atoms with Crippen LogP contribution in [0.5, 0.6) is 0 Å². The molecule has 1 heterocycles. The highest BCUT2D eigenvalue weighted by atomic mass is 32.1. The Labute approximate surface area is 116 Å². The van der Waals surface area contributed by atoms with Crippen LogP contribution in [0.15, 0.2) is 36.9 Å². The Hall–Kier alpha value is -1.88. The highest BCUT2D eigenvalue weighted by Crippen LogP contribution is 2.25. The number of ether oxygens (including phenoxy) is 1. The number of esters is 1. The molecule has 2 rings (SSSR count). The van der Waals surface area contributed by atoms with E-state index >= 15 is 0 Å². The Morgan fingerprint density at radius 1 is 1.42 bits per heavy atom. The molecule has 1 aromatic heterocycles. The van der Waals surface area contributed by atoms with Gasteiger partial charge in [0.05, 0.1) is 16.8 Å². The maximum atomic E-state index is 10.8. The molecule has 0 saturated carbocycles. The van der Waals surface area contributed by atoms with Gasteiger partial charge in [0.2, 0.25) is 0 Å². The van der Waals surface area contributed by atoms with Gasteiger partial charge in [0.1, 0.15) is 0 Å². The third-order valence-corrected chi connectivity index (χ3v) is 3.55. The summed E-state index contributed by atoms with van der Waals surface area (Å²) < 4.78 is 6.08. The highest BCUT2D eigenvalue weighted by Gasteiger charge is 2.01. The fourth-order valence-corrected chi connectivity index (χ4v) is 2.49. The lowest BCUT2D eigenvalue weighted by molar-refractivity contribution is -0.137. The number of thiazole rings is 1. The van der Waals surface area contributed by atoms with Crippen LogP contribution >= 0.6 is 11.3 Å². The molecule has 0 amide bonds. The standard InChI is InChI=1S/C14H16N2O2S/c1-2-13(17)18-10-6-5-9-15-14-16-11-7-3-4-8-12(11)19-14/h2-4,7-8H,1,5-6,9-10H2,(H,15,16). The molecule has 100 valence electrons. The van der Waals surface area contributed by atoms with Gasteiger partial charge in [-0.15, -0.1) is 0 Å². The number of anilines is 1. The Balaban J connectivity index is 1.68. The second-order valence-electron chi connectivity index (χ2n) is 3.99. The molecule has 2 aromatic rings. The summed E-state index contributed by atoms with van der Waals surface area (Å²) in [5.74, 6) is -0.362. The molecule has 0 atom stereocenters. The van der Waals surface area contributed by atoms with Crippen LogP contribution in [0.2, 0.25) is 0 Å². The number of unbranched alkanes of at least 4 members (excludes halogenated alkanes) is 1. The first-order valence-corrected chi connectivity index (χ1v) is 7.00. The summed E-state index contributed by atoms with van der Waals surface area (Å²) in [5.41, 5.74) is 1.02. The van der Waals surface area contributed by atoms with Crippen molar-refractivity contribution in [3.8, 4) is 0 Å². The molecule has 0 fully saturated rings. The monoisotopic (exact) mass is 276 g/mol. The van der Waals surface area contributed by atoms with E-state index in [1.165, 1.54) is 10.8 Å². The number of carbonyl (C=O) groups is 1. The molecule has 0 radical (unpaired) electrons. The first-order chi connectivity index (χ1) is 9.29. The molecule has 0 aliphatic heterocycles. The van der Waals surface area contributed by atoms with Crippen molar-refractivity contribution in [2.45, 2.75) is 12.8 Å². The van der Waals surface area contributed by atoms with E-state index in [0.717, 1.165) is 30.0 Å². The topological polar surface area (TPSA) is 51.2 Å². The van der Waals surface area contributed by atoms with Gasteiger partial charge in [0, 0.05) is 12.6 Å².